The summed E-state index contributed by atoms with van der Waals surface area (Å²) in [6, 6.07) is -0.826. The maximum atomic E-state index is 13.1. The fraction of sp³-hybridized carbons (Fsp3) is 0.882. The van der Waals surface area contributed by atoms with E-state index < -0.39 is 49.5 Å². The molecule has 1 fully saturated rings. The Balaban J connectivity index is 1.92. The number of allylic oxidation sites excluding steroid dienone is 7. The van der Waals surface area contributed by atoms with Gasteiger partial charge in [0.05, 0.1) is 32.0 Å². The van der Waals surface area contributed by atoms with Gasteiger partial charge in [0.15, 0.2) is 6.29 Å². The van der Waals surface area contributed by atoms with Gasteiger partial charge in [0.2, 0.25) is 5.91 Å². The standard InChI is InChI=1S/C85H159NO10/c1-3-5-7-9-11-13-15-17-44-47-51-55-59-63-67-71-78(88)77(76-95-85-84(93)83(92)82(91)79(75-87)96-85)86-80(89)72-68-64-60-56-52-48-45-42-40-38-36-34-32-30-28-26-24-22-20-19-21-23-25-27-29-31-33-35-37-39-41-43-46-50-54-58-62-66-70-74-94-81(90)73-69-65-61-57-53-49-18-16-14-12-10-8-6-4-2/h19-20,23,25,51,55,67,71,77-79,82-85,87-88,91-93H,3-18,21-22,24,26-50,52-54,56-66,68-70,72-76H2,1-2H3,(H,86,89)/b20-19-,25-23-,55-51+,71-67+. The smallest absolute Gasteiger partial charge is 0.305 e. The molecule has 1 aliphatic heterocycles. The van der Waals surface area contributed by atoms with E-state index in [-0.39, 0.29) is 18.5 Å². The minimum atomic E-state index is -1.58. The van der Waals surface area contributed by atoms with Crippen molar-refractivity contribution in [1.82, 2.24) is 5.32 Å². The summed E-state index contributed by atoms with van der Waals surface area (Å²) in [7, 11) is 0. The van der Waals surface area contributed by atoms with Crippen molar-refractivity contribution in [2.24, 2.45) is 0 Å². The summed E-state index contributed by atoms with van der Waals surface area (Å²) in [6.45, 7) is 4.39. The van der Waals surface area contributed by atoms with Crippen molar-refractivity contribution in [3.8, 4) is 0 Å². The molecule has 564 valence electrons. The van der Waals surface area contributed by atoms with Gasteiger partial charge in [-0.15, -0.1) is 0 Å². The van der Waals surface area contributed by atoms with Crippen LogP contribution in [0.4, 0.5) is 0 Å². The van der Waals surface area contributed by atoms with Gasteiger partial charge >= 0.3 is 5.97 Å². The lowest BCUT2D eigenvalue weighted by molar-refractivity contribution is -0.302. The third-order valence-electron chi connectivity index (χ3n) is 19.9. The van der Waals surface area contributed by atoms with Crippen LogP contribution in [0.15, 0.2) is 48.6 Å². The minimum absolute atomic E-state index is 0.0173. The molecule has 0 bridgehead atoms. The van der Waals surface area contributed by atoms with Gasteiger partial charge in [-0.2, -0.15) is 0 Å². The molecule has 1 amide bonds. The number of carbonyl (C=O) groups excluding carboxylic acids is 2. The fourth-order valence-electron chi connectivity index (χ4n) is 13.4. The van der Waals surface area contributed by atoms with Crippen molar-refractivity contribution in [3.05, 3.63) is 48.6 Å². The summed E-state index contributed by atoms with van der Waals surface area (Å²) in [4.78, 5) is 25.2. The quantitative estimate of drug-likeness (QED) is 0.0195. The van der Waals surface area contributed by atoms with Crippen molar-refractivity contribution in [1.29, 1.82) is 0 Å². The number of amides is 1. The summed E-state index contributed by atoms with van der Waals surface area (Å²) >= 11 is 0. The second kappa shape index (κ2) is 73.8. The number of unbranched alkanes of at least 4 members (excludes halogenated alkanes) is 55. The number of aliphatic hydroxyl groups excluding tert-OH is 5. The number of aliphatic hydroxyl groups is 5. The first-order valence-electron chi connectivity index (χ1n) is 41.9. The number of hydrogen-bond donors (Lipinski definition) is 6. The van der Waals surface area contributed by atoms with Crippen LogP contribution in [0.25, 0.3) is 0 Å². The Kier molecular flexibility index (Phi) is 70.5. The molecule has 0 aromatic heterocycles. The molecule has 0 aliphatic carbocycles. The van der Waals surface area contributed by atoms with Gasteiger partial charge in [0, 0.05) is 12.8 Å². The largest absolute Gasteiger partial charge is 0.466 e. The van der Waals surface area contributed by atoms with E-state index in [0.717, 1.165) is 57.8 Å². The van der Waals surface area contributed by atoms with Crippen LogP contribution in [0, 0.1) is 0 Å². The van der Waals surface area contributed by atoms with E-state index in [4.69, 9.17) is 14.2 Å². The predicted octanol–water partition coefficient (Wildman–Crippen LogP) is 23.0. The molecule has 96 heavy (non-hydrogen) atoms. The molecule has 0 spiro atoms. The molecule has 1 heterocycles. The van der Waals surface area contributed by atoms with Crippen LogP contribution in [0.1, 0.15) is 418 Å². The van der Waals surface area contributed by atoms with Gasteiger partial charge in [-0.3, -0.25) is 9.59 Å². The summed E-state index contributed by atoms with van der Waals surface area (Å²) < 4.78 is 16.8. The number of ether oxygens (including phenoxy) is 3. The number of rotatable bonds is 75. The third-order valence-corrected chi connectivity index (χ3v) is 19.9. The molecule has 0 aromatic carbocycles. The molecule has 11 heteroatoms. The van der Waals surface area contributed by atoms with Crippen LogP contribution in [0.5, 0.6) is 0 Å². The van der Waals surface area contributed by atoms with Gasteiger partial charge in [-0.1, -0.05) is 377 Å². The highest BCUT2D eigenvalue weighted by molar-refractivity contribution is 5.76. The lowest BCUT2D eigenvalue weighted by Crippen LogP contribution is -2.60. The van der Waals surface area contributed by atoms with Crippen LogP contribution < -0.4 is 5.32 Å². The van der Waals surface area contributed by atoms with Gasteiger partial charge in [0.1, 0.15) is 24.4 Å². The van der Waals surface area contributed by atoms with Crippen LogP contribution in [-0.4, -0.2) is 100 Å². The van der Waals surface area contributed by atoms with E-state index >= 15 is 0 Å². The van der Waals surface area contributed by atoms with Gasteiger partial charge in [-0.05, 0) is 77.0 Å². The average molecular weight is 1360 g/mol. The highest BCUT2D eigenvalue weighted by atomic mass is 16.7. The lowest BCUT2D eigenvalue weighted by Gasteiger charge is -2.40. The van der Waals surface area contributed by atoms with E-state index in [1.54, 1.807) is 6.08 Å². The third kappa shape index (κ3) is 61.5. The molecule has 0 saturated carbocycles. The molecular weight excluding hydrogens is 1190 g/mol. The predicted molar refractivity (Wildman–Crippen MR) is 407 cm³/mol. The first-order chi connectivity index (χ1) is 47.2. The van der Waals surface area contributed by atoms with Crippen LogP contribution in [0.3, 0.4) is 0 Å². The molecule has 0 aromatic rings. The summed E-state index contributed by atoms with van der Waals surface area (Å²) in [6.07, 6.45) is 88.7. The highest BCUT2D eigenvalue weighted by Gasteiger charge is 2.44. The maximum Gasteiger partial charge on any atom is 0.305 e. The first-order valence-corrected chi connectivity index (χ1v) is 41.9. The highest BCUT2D eigenvalue weighted by Crippen LogP contribution is 2.24. The van der Waals surface area contributed by atoms with E-state index in [9.17, 15) is 35.1 Å². The Morgan fingerprint density at radius 3 is 1.09 bits per heavy atom. The van der Waals surface area contributed by atoms with Crippen LogP contribution in [0.2, 0.25) is 0 Å². The van der Waals surface area contributed by atoms with E-state index in [2.05, 4.69) is 55.6 Å². The number of carbonyl (C=O) groups is 2. The maximum absolute atomic E-state index is 13.1. The van der Waals surface area contributed by atoms with Crippen molar-refractivity contribution in [2.45, 2.75) is 461 Å². The van der Waals surface area contributed by atoms with Crippen LogP contribution in [-0.2, 0) is 23.8 Å². The van der Waals surface area contributed by atoms with Crippen molar-refractivity contribution < 1.29 is 49.3 Å². The number of nitrogens with one attached hydrogen (secondary N) is 1. The zero-order chi connectivity index (χ0) is 69.4. The van der Waals surface area contributed by atoms with Crippen molar-refractivity contribution in [3.63, 3.8) is 0 Å². The Labute approximate surface area is 593 Å². The fourth-order valence-corrected chi connectivity index (χ4v) is 13.4. The molecule has 0 radical (unpaired) electrons. The molecule has 1 aliphatic rings. The Morgan fingerprint density at radius 2 is 0.708 bits per heavy atom. The van der Waals surface area contributed by atoms with Gasteiger partial charge in [0.25, 0.3) is 0 Å². The average Bonchev–Trinajstić information content (AvgIpc) is 0.845. The topological polar surface area (TPSA) is 175 Å². The minimum Gasteiger partial charge on any atom is -0.466 e. The second-order valence-electron chi connectivity index (χ2n) is 29.2. The summed E-state index contributed by atoms with van der Waals surface area (Å²) in [5.41, 5.74) is 0. The van der Waals surface area contributed by atoms with Crippen molar-refractivity contribution >= 4 is 11.9 Å². The molecule has 1 saturated heterocycles. The Hall–Kier alpha value is -2.38. The first kappa shape index (κ1) is 91.6. The number of esters is 1. The zero-order valence-electron chi connectivity index (χ0n) is 63.1. The SMILES string of the molecule is CCCCCCCCCCC/C=C/CC/C=C/C(O)C(COC1OC(CO)C(O)C(O)C1O)NC(=O)CCCCCCCCCCCCCCCCCCC/C=C\C/C=C\CCCCCCCCCCCCCCCCCOC(=O)CCCCCCCCCCCCCCCC. The zero-order valence-corrected chi connectivity index (χ0v) is 63.1. The molecule has 11 nitrogen and oxygen atoms in total. The molecular formula is C85H159NO10. The number of hydrogen-bond acceptors (Lipinski definition) is 10. The molecule has 7 unspecified atom stereocenters. The Morgan fingerprint density at radius 1 is 0.385 bits per heavy atom. The van der Waals surface area contributed by atoms with Gasteiger partial charge in [-0.25, -0.2) is 0 Å². The normalized spacial score (nSPS) is 17.5. The monoisotopic (exact) mass is 1350 g/mol. The van der Waals surface area contributed by atoms with Gasteiger partial charge < -0.3 is 45.1 Å². The summed E-state index contributed by atoms with van der Waals surface area (Å²) in [5.74, 6) is -0.169. The van der Waals surface area contributed by atoms with Crippen LogP contribution >= 0.6 is 0 Å². The molecule has 6 N–H and O–H groups in total. The van der Waals surface area contributed by atoms with E-state index in [1.807, 2.05) is 6.08 Å². The molecule has 1 rings (SSSR count). The second-order valence-corrected chi connectivity index (χ2v) is 29.2. The molecule has 7 atom stereocenters. The lowest BCUT2D eigenvalue weighted by atomic mass is 9.99. The van der Waals surface area contributed by atoms with E-state index in [1.165, 1.54) is 334 Å². The summed E-state index contributed by atoms with van der Waals surface area (Å²) in [5, 5.41) is 54.6. The van der Waals surface area contributed by atoms with E-state index in [0.29, 0.717) is 19.4 Å². The van der Waals surface area contributed by atoms with Crippen molar-refractivity contribution in [2.75, 3.05) is 19.8 Å². The Bertz CT molecular complexity index is 1740.